The number of carbonyl (C=O) groups is 2. The number of nitrogens with one attached hydrogen (secondary N) is 1. The first-order valence-electron chi connectivity index (χ1n) is 6.36. The molecule has 0 saturated carbocycles. The molecule has 0 spiro atoms. The first-order chi connectivity index (χ1) is 10.4. The van der Waals surface area contributed by atoms with Gasteiger partial charge in [0.2, 0.25) is 11.8 Å². The number of hydrogen-bond acceptors (Lipinski definition) is 4. The van der Waals surface area contributed by atoms with E-state index >= 15 is 0 Å². The summed E-state index contributed by atoms with van der Waals surface area (Å²) >= 11 is 0. The van der Waals surface area contributed by atoms with E-state index in [0.29, 0.717) is 11.3 Å². The second-order valence-electron chi connectivity index (χ2n) is 4.56. The molecule has 0 aromatic heterocycles. The predicted molar refractivity (Wildman–Crippen MR) is 82.1 cm³/mol. The molecule has 0 atom stereocenters. The van der Waals surface area contributed by atoms with Gasteiger partial charge >= 0.3 is 0 Å². The molecular formula is C15H14N2O4S. The summed E-state index contributed by atoms with van der Waals surface area (Å²) < 4.78 is 24.1. The van der Waals surface area contributed by atoms with Crippen LogP contribution in [0.3, 0.4) is 0 Å². The molecule has 2 aromatic rings. The van der Waals surface area contributed by atoms with Gasteiger partial charge in [0, 0.05) is 11.3 Å². The number of benzene rings is 2. The van der Waals surface area contributed by atoms with Crippen LogP contribution in [0.1, 0.15) is 10.4 Å². The van der Waals surface area contributed by atoms with Crippen molar-refractivity contribution in [2.75, 3.05) is 11.1 Å². The van der Waals surface area contributed by atoms with E-state index < -0.39 is 27.4 Å². The van der Waals surface area contributed by atoms with E-state index in [1.807, 2.05) is 0 Å². The quantitative estimate of drug-likeness (QED) is 0.863. The van der Waals surface area contributed by atoms with Crippen molar-refractivity contribution in [1.29, 1.82) is 0 Å². The van der Waals surface area contributed by atoms with Crippen molar-refractivity contribution < 1.29 is 18.0 Å². The van der Waals surface area contributed by atoms with E-state index in [1.54, 1.807) is 18.2 Å². The van der Waals surface area contributed by atoms with E-state index in [2.05, 4.69) is 5.32 Å². The largest absolute Gasteiger partial charge is 0.366 e. The number of sulfone groups is 1. The fraction of sp³-hybridized carbons (Fsp3) is 0.0667. The topological polar surface area (TPSA) is 106 Å². The van der Waals surface area contributed by atoms with Gasteiger partial charge in [-0.05, 0) is 36.4 Å². The van der Waals surface area contributed by atoms with Crippen LogP contribution in [0, 0.1) is 0 Å². The molecule has 2 amide bonds. The minimum absolute atomic E-state index is 0.0919. The second kappa shape index (κ2) is 6.40. The zero-order chi connectivity index (χ0) is 16.2. The second-order valence-corrected chi connectivity index (χ2v) is 6.55. The third-order valence-corrected chi connectivity index (χ3v) is 4.51. The predicted octanol–water partition coefficient (Wildman–Crippen LogP) is 1.20. The Kier molecular flexibility index (Phi) is 4.57. The summed E-state index contributed by atoms with van der Waals surface area (Å²) in [6.45, 7) is 0. The summed E-state index contributed by atoms with van der Waals surface area (Å²) in [4.78, 5) is 22.9. The molecule has 2 rings (SSSR count). The molecule has 6 nitrogen and oxygen atoms in total. The monoisotopic (exact) mass is 318 g/mol. The Hall–Kier alpha value is -2.67. The highest BCUT2D eigenvalue weighted by molar-refractivity contribution is 7.92. The van der Waals surface area contributed by atoms with Crippen LogP contribution in [0.4, 0.5) is 5.69 Å². The number of hydrogen-bond donors (Lipinski definition) is 2. The van der Waals surface area contributed by atoms with Gasteiger partial charge in [0.25, 0.3) is 0 Å². The van der Waals surface area contributed by atoms with Gasteiger partial charge in [-0.25, -0.2) is 8.42 Å². The number of rotatable bonds is 5. The van der Waals surface area contributed by atoms with E-state index in [1.165, 1.54) is 36.4 Å². The molecule has 2 aromatic carbocycles. The van der Waals surface area contributed by atoms with Crippen LogP contribution in [-0.2, 0) is 14.6 Å². The number of anilines is 1. The Morgan fingerprint density at radius 2 is 1.55 bits per heavy atom. The number of nitrogens with two attached hydrogens (primary N) is 1. The van der Waals surface area contributed by atoms with E-state index in [9.17, 15) is 18.0 Å². The van der Waals surface area contributed by atoms with Gasteiger partial charge < -0.3 is 11.1 Å². The molecule has 0 aliphatic heterocycles. The minimum atomic E-state index is -3.69. The van der Waals surface area contributed by atoms with E-state index in [-0.39, 0.29) is 4.90 Å². The Morgan fingerprint density at radius 3 is 2.09 bits per heavy atom. The Bertz CT molecular complexity index is 784. The Morgan fingerprint density at radius 1 is 0.955 bits per heavy atom. The van der Waals surface area contributed by atoms with Gasteiger partial charge in [-0.3, -0.25) is 9.59 Å². The maximum atomic E-state index is 12.1. The molecule has 22 heavy (non-hydrogen) atoms. The summed E-state index contributed by atoms with van der Waals surface area (Å²) in [6, 6.07) is 13.6. The molecule has 7 heteroatoms. The molecular weight excluding hydrogens is 304 g/mol. The average molecular weight is 318 g/mol. The van der Waals surface area contributed by atoms with Crippen LogP contribution < -0.4 is 11.1 Å². The van der Waals surface area contributed by atoms with Crippen molar-refractivity contribution in [1.82, 2.24) is 0 Å². The van der Waals surface area contributed by atoms with Gasteiger partial charge in [0.1, 0.15) is 5.75 Å². The van der Waals surface area contributed by atoms with Crippen molar-refractivity contribution >= 4 is 27.3 Å². The molecule has 0 radical (unpaired) electrons. The number of amides is 2. The van der Waals surface area contributed by atoms with Crippen LogP contribution >= 0.6 is 0 Å². The number of carbonyl (C=O) groups excluding carboxylic acids is 2. The SMILES string of the molecule is NC(=O)c1ccc(NC(=O)CS(=O)(=O)c2ccccc2)cc1. The molecule has 0 aliphatic rings. The fourth-order valence-corrected chi connectivity index (χ4v) is 2.95. The van der Waals surface area contributed by atoms with Crippen molar-refractivity contribution in [2.24, 2.45) is 5.73 Å². The van der Waals surface area contributed by atoms with Crippen LogP contribution in [-0.4, -0.2) is 26.0 Å². The lowest BCUT2D eigenvalue weighted by molar-refractivity contribution is -0.113. The molecule has 0 aliphatic carbocycles. The maximum absolute atomic E-state index is 12.1. The van der Waals surface area contributed by atoms with Crippen LogP contribution in [0.15, 0.2) is 59.5 Å². The zero-order valence-corrected chi connectivity index (χ0v) is 12.3. The molecule has 3 N–H and O–H groups in total. The normalized spacial score (nSPS) is 10.9. The standard InChI is InChI=1S/C15H14N2O4S/c16-15(19)11-6-8-12(9-7-11)17-14(18)10-22(20,21)13-4-2-1-3-5-13/h1-9H,10H2,(H2,16,19)(H,17,18). The highest BCUT2D eigenvalue weighted by Crippen LogP contribution is 2.12. The van der Waals surface area contributed by atoms with Crippen LogP contribution in [0.2, 0.25) is 0 Å². The summed E-state index contributed by atoms with van der Waals surface area (Å²) in [5, 5.41) is 2.46. The van der Waals surface area contributed by atoms with Gasteiger partial charge in [0.05, 0.1) is 4.90 Å². The summed E-state index contributed by atoms with van der Waals surface area (Å²) in [5.74, 6) is -1.89. The van der Waals surface area contributed by atoms with Crippen LogP contribution in [0.5, 0.6) is 0 Å². The maximum Gasteiger partial charge on any atom is 0.248 e. The van der Waals surface area contributed by atoms with Gasteiger partial charge in [-0.1, -0.05) is 18.2 Å². The Labute approximate surface area is 127 Å². The van der Waals surface area contributed by atoms with Gasteiger partial charge in [0.15, 0.2) is 9.84 Å². The first-order valence-corrected chi connectivity index (χ1v) is 8.01. The third-order valence-electron chi connectivity index (χ3n) is 2.88. The summed E-state index contributed by atoms with van der Waals surface area (Å²) in [5.41, 5.74) is 5.80. The Balaban J connectivity index is 2.05. The van der Waals surface area contributed by atoms with Crippen molar-refractivity contribution in [2.45, 2.75) is 4.90 Å². The van der Waals surface area contributed by atoms with E-state index in [4.69, 9.17) is 5.73 Å². The zero-order valence-electron chi connectivity index (χ0n) is 11.5. The van der Waals surface area contributed by atoms with Gasteiger partial charge in [-0.2, -0.15) is 0 Å². The lowest BCUT2D eigenvalue weighted by atomic mass is 10.2. The smallest absolute Gasteiger partial charge is 0.248 e. The average Bonchev–Trinajstić information content (AvgIpc) is 2.48. The lowest BCUT2D eigenvalue weighted by Crippen LogP contribution is -2.23. The molecule has 0 saturated heterocycles. The lowest BCUT2D eigenvalue weighted by Gasteiger charge is -2.07. The molecule has 114 valence electrons. The molecule has 0 bridgehead atoms. The third kappa shape index (κ3) is 3.92. The molecule has 0 heterocycles. The van der Waals surface area contributed by atoms with E-state index in [0.717, 1.165) is 0 Å². The summed E-state index contributed by atoms with van der Waals surface area (Å²) in [6.07, 6.45) is 0. The summed E-state index contributed by atoms with van der Waals surface area (Å²) in [7, 11) is -3.69. The molecule has 0 fully saturated rings. The minimum Gasteiger partial charge on any atom is -0.366 e. The highest BCUT2D eigenvalue weighted by atomic mass is 32.2. The van der Waals surface area contributed by atoms with Crippen molar-refractivity contribution in [3.63, 3.8) is 0 Å². The van der Waals surface area contributed by atoms with Gasteiger partial charge in [-0.15, -0.1) is 0 Å². The van der Waals surface area contributed by atoms with Crippen LogP contribution in [0.25, 0.3) is 0 Å². The van der Waals surface area contributed by atoms with Crippen molar-refractivity contribution in [3.8, 4) is 0 Å². The number of primary amides is 1. The van der Waals surface area contributed by atoms with Crippen molar-refractivity contribution in [3.05, 3.63) is 60.2 Å². The fourth-order valence-electron chi connectivity index (χ4n) is 1.80. The highest BCUT2D eigenvalue weighted by Gasteiger charge is 2.19. The molecule has 0 unspecified atom stereocenters. The first kappa shape index (κ1) is 15.7.